The minimum atomic E-state index is -0.248. The summed E-state index contributed by atoms with van der Waals surface area (Å²) >= 11 is 0. The van der Waals surface area contributed by atoms with Crippen LogP contribution in [0.25, 0.3) is 0 Å². The first-order chi connectivity index (χ1) is 8.17. The first kappa shape index (κ1) is 13.4. The standard InChI is InChI=1S/C12H18N2O3/c1-3-10-11(5-4-9(2)14-10)17-8-12(16)13-6-7-15/h4-5,15H,3,6-8H2,1-2H3,(H,13,16). The van der Waals surface area contributed by atoms with Crippen LogP contribution in [-0.4, -0.2) is 35.8 Å². The molecule has 0 spiro atoms. The highest BCUT2D eigenvalue weighted by molar-refractivity contribution is 5.77. The molecule has 1 aromatic heterocycles. The number of carbonyl (C=O) groups is 1. The smallest absolute Gasteiger partial charge is 0.258 e. The van der Waals surface area contributed by atoms with Gasteiger partial charge in [-0.15, -0.1) is 0 Å². The number of aliphatic hydroxyl groups excluding tert-OH is 1. The first-order valence-electron chi connectivity index (χ1n) is 5.64. The molecule has 0 unspecified atom stereocenters. The summed E-state index contributed by atoms with van der Waals surface area (Å²) in [6.07, 6.45) is 0.759. The lowest BCUT2D eigenvalue weighted by molar-refractivity contribution is -0.123. The molecule has 94 valence electrons. The van der Waals surface area contributed by atoms with E-state index < -0.39 is 0 Å². The van der Waals surface area contributed by atoms with Crippen molar-refractivity contribution in [2.75, 3.05) is 19.8 Å². The molecule has 0 bridgehead atoms. The Bertz CT molecular complexity index is 380. The van der Waals surface area contributed by atoms with Crippen molar-refractivity contribution in [1.82, 2.24) is 10.3 Å². The summed E-state index contributed by atoms with van der Waals surface area (Å²) < 4.78 is 5.39. The summed E-state index contributed by atoms with van der Waals surface area (Å²) in [6.45, 7) is 4.02. The highest BCUT2D eigenvalue weighted by Crippen LogP contribution is 2.17. The molecule has 5 nitrogen and oxygen atoms in total. The van der Waals surface area contributed by atoms with Gasteiger partial charge in [-0.2, -0.15) is 0 Å². The number of amides is 1. The van der Waals surface area contributed by atoms with E-state index in [2.05, 4.69) is 10.3 Å². The van der Waals surface area contributed by atoms with Crippen LogP contribution < -0.4 is 10.1 Å². The van der Waals surface area contributed by atoms with E-state index in [9.17, 15) is 4.79 Å². The van der Waals surface area contributed by atoms with Crippen LogP contribution in [0, 0.1) is 6.92 Å². The minimum Gasteiger partial charge on any atom is -0.482 e. The number of pyridine rings is 1. The molecule has 0 atom stereocenters. The van der Waals surface area contributed by atoms with Gasteiger partial charge in [0.2, 0.25) is 0 Å². The number of aryl methyl sites for hydroxylation is 2. The highest BCUT2D eigenvalue weighted by Gasteiger charge is 2.06. The summed E-state index contributed by atoms with van der Waals surface area (Å²) in [5.74, 6) is 0.388. The third kappa shape index (κ3) is 4.40. The fourth-order valence-corrected chi connectivity index (χ4v) is 1.37. The van der Waals surface area contributed by atoms with Crippen LogP contribution in [0.1, 0.15) is 18.3 Å². The van der Waals surface area contributed by atoms with Crippen molar-refractivity contribution in [3.8, 4) is 5.75 Å². The molecular weight excluding hydrogens is 220 g/mol. The van der Waals surface area contributed by atoms with Crippen molar-refractivity contribution >= 4 is 5.91 Å². The lowest BCUT2D eigenvalue weighted by Gasteiger charge is -2.10. The molecule has 0 fully saturated rings. The van der Waals surface area contributed by atoms with Crippen LogP contribution in [-0.2, 0) is 11.2 Å². The van der Waals surface area contributed by atoms with Gasteiger partial charge in [-0.3, -0.25) is 9.78 Å². The Morgan fingerprint density at radius 2 is 2.29 bits per heavy atom. The van der Waals surface area contributed by atoms with E-state index >= 15 is 0 Å². The van der Waals surface area contributed by atoms with Gasteiger partial charge in [0.05, 0.1) is 12.3 Å². The average Bonchev–Trinajstić information content (AvgIpc) is 2.34. The maximum Gasteiger partial charge on any atom is 0.258 e. The van der Waals surface area contributed by atoms with Crippen LogP contribution in [0.2, 0.25) is 0 Å². The molecule has 0 saturated carbocycles. The fourth-order valence-electron chi connectivity index (χ4n) is 1.37. The van der Waals surface area contributed by atoms with E-state index in [-0.39, 0.29) is 25.7 Å². The van der Waals surface area contributed by atoms with Crippen molar-refractivity contribution in [2.45, 2.75) is 20.3 Å². The zero-order valence-corrected chi connectivity index (χ0v) is 10.2. The fraction of sp³-hybridized carbons (Fsp3) is 0.500. The van der Waals surface area contributed by atoms with Gasteiger partial charge >= 0.3 is 0 Å². The molecule has 1 aromatic rings. The summed E-state index contributed by atoms with van der Waals surface area (Å²) in [6, 6.07) is 3.67. The maximum absolute atomic E-state index is 11.3. The molecule has 1 heterocycles. The second-order valence-electron chi connectivity index (χ2n) is 3.61. The molecule has 0 aliphatic carbocycles. The molecule has 0 aliphatic heterocycles. The van der Waals surface area contributed by atoms with Gasteiger partial charge in [-0.1, -0.05) is 6.92 Å². The molecule has 0 radical (unpaired) electrons. The third-order valence-electron chi connectivity index (χ3n) is 2.20. The maximum atomic E-state index is 11.3. The molecule has 2 N–H and O–H groups in total. The Labute approximate surface area is 101 Å². The van der Waals surface area contributed by atoms with Crippen molar-refractivity contribution in [3.63, 3.8) is 0 Å². The quantitative estimate of drug-likeness (QED) is 0.754. The average molecular weight is 238 g/mol. The van der Waals surface area contributed by atoms with Gasteiger partial charge in [0.1, 0.15) is 5.75 Å². The van der Waals surface area contributed by atoms with Gasteiger partial charge in [-0.25, -0.2) is 0 Å². The first-order valence-corrected chi connectivity index (χ1v) is 5.64. The molecule has 0 saturated heterocycles. The topological polar surface area (TPSA) is 71.5 Å². The van der Waals surface area contributed by atoms with Gasteiger partial charge in [0.25, 0.3) is 5.91 Å². The largest absolute Gasteiger partial charge is 0.482 e. The monoisotopic (exact) mass is 238 g/mol. The van der Waals surface area contributed by atoms with Crippen molar-refractivity contribution in [2.24, 2.45) is 0 Å². The zero-order chi connectivity index (χ0) is 12.7. The number of aromatic nitrogens is 1. The molecule has 0 aliphatic rings. The molecule has 17 heavy (non-hydrogen) atoms. The molecular formula is C12H18N2O3. The zero-order valence-electron chi connectivity index (χ0n) is 10.2. The second kappa shape index (κ2) is 6.85. The van der Waals surface area contributed by atoms with Gasteiger partial charge in [0, 0.05) is 12.2 Å². The van der Waals surface area contributed by atoms with Crippen molar-refractivity contribution in [1.29, 1.82) is 0 Å². The number of rotatable bonds is 6. The Morgan fingerprint density at radius 3 is 2.94 bits per heavy atom. The summed E-state index contributed by atoms with van der Waals surface area (Å²) in [7, 11) is 0. The lowest BCUT2D eigenvalue weighted by atomic mass is 10.2. The minimum absolute atomic E-state index is 0.0578. The van der Waals surface area contributed by atoms with Crippen molar-refractivity contribution in [3.05, 3.63) is 23.5 Å². The Kier molecular flexibility index (Phi) is 5.42. The SMILES string of the molecule is CCc1nc(C)ccc1OCC(=O)NCCO. The molecule has 5 heteroatoms. The van der Waals surface area contributed by atoms with Crippen LogP contribution in [0.15, 0.2) is 12.1 Å². The number of hydrogen-bond acceptors (Lipinski definition) is 4. The van der Waals surface area contributed by atoms with Gasteiger partial charge in [0.15, 0.2) is 6.61 Å². The van der Waals surface area contributed by atoms with E-state index in [0.717, 1.165) is 17.8 Å². The molecule has 0 aromatic carbocycles. The molecule has 1 amide bonds. The van der Waals surface area contributed by atoms with Crippen LogP contribution >= 0.6 is 0 Å². The summed E-state index contributed by atoms with van der Waals surface area (Å²) in [5.41, 5.74) is 1.78. The molecule has 1 rings (SSSR count). The number of ether oxygens (including phenoxy) is 1. The summed E-state index contributed by atoms with van der Waals surface area (Å²) in [5, 5.41) is 11.1. The van der Waals surface area contributed by atoms with E-state index in [4.69, 9.17) is 9.84 Å². The Balaban J connectivity index is 2.54. The number of carbonyl (C=O) groups excluding carboxylic acids is 1. The van der Waals surface area contributed by atoms with Gasteiger partial charge < -0.3 is 15.2 Å². The van der Waals surface area contributed by atoms with E-state index in [0.29, 0.717) is 5.75 Å². The predicted octanol–water partition coefficient (Wildman–Crippen LogP) is 0.440. The Morgan fingerprint density at radius 1 is 1.53 bits per heavy atom. The van der Waals surface area contributed by atoms with Crippen LogP contribution in [0.4, 0.5) is 0 Å². The van der Waals surface area contributed by atoms with Gasteiger partial charge in [-0.05, 0) is 25.5 Å². The second-order valence-corrected chi connectivity index (χ2v) is 3.61. The number of aliphatic hydroxyl groups is 1. The number of nitrogens with one attached hydrogen (secondary N) is 1. The van der Waals surface area contributed by atoms with E-state index in [1.165, 1.54) is 0 Å². The highest BCUT2D eigenvalue weighted by atomic mass is 16.5. The lowest BCUT2D eigenvalue weighted by Crippen LogP contribution is -2.31. The predicted molar refractivity (Wildman–Crippen MR) is 63.9 cm³/mol. The van der Waals surface area contributed by atoms with Crippen LogP contribution in [0.3, 0.4) is 0 Å². The Hall–Kier alpha value is -1.62. The van der Waals surface area contributed by atoms with E-state index in [1.807, 2.05) is 26.0 Å². The van der Waals surface area contributed by atoms with Crippen molar-refractivity contribution < 1.29 is 14.6 Å². The normalized spacial score (nSPS) is 10.1. The number of hydrogen-bond donors (Lipinski definition) is 2. The van der Waals surface area contributed by atoms with Crippen LogP contribution in [0.5, 0.6) is 5.75 Å². The summed E-state index contributed by atoms with van der Waals surface area (Å²) in [4.78, 5) is 15.6. The number of nitrogens with zero attached hydrogens (tertiary/aromatic N) is 1. The van der Waals surface area contributed by atoms with E-state index in [1.54, 1.807) is 0 Å². The third-order valence-corrected chi connectivity index (χ3v) is 2.20.